The van der Waals surface area contributed by atoms with Crippen LogP contribution in [0.2, 0.25) is 0 Å². The van der Waals surface area contributed by atoms with Gasteiger partial charge in [0.25, 0.3) is 0 Å². The first kappa shape index (κ1) is 15.4. The molecule has 0 aromatic carbocycles. The Balaban J connectivity index is 2.17. The third kappa shape index (κ3) is 5.33. The Morgan fingerprint density at radius 3 is 2.50 bits per heavy atom. The lowest BCUT2D eigenvalue weighted by molar-refractivity contribution is -0.122. The first-order chi connectivity index (χ1) is 8.52. The number of nitrogens with one attached hydrogen (secondary N) is 1. The van der Waals surface area contributed by atoms with Crippen LogP contribution in [0.3, 0.4) is 0 Å². The van der Waals surface area contributed by atoms with Gasteiger partial charge >= 0.3 is 0 Å². The lowest BCUT2D eigenvalue weighted by Gasteiger charge is -2.18. The van der Waals surface area contributed by atoms with E-state index in [4.69, 9.17) is 0 Å². The number of hydrogen-bond donors (Lipinski definition) is 3. The summed E-state index contributed by atoms with van der Waals surface area (Å²) in [6, 6.07) is 0.196. The molecule has 0 aromatic rings. The molecule has 18 heavy (non-hydrogen) atoms. The molecular weight excluding hydrogens is 232 g/mol. The minimum absolute atomic E-state index is 0.0275. The number of aliphatic hydroxyl groups is 2. The van der Waals surface area contributed by atoms with Gasteiger partial charge < -0.3 is 15.5 Å². The Kier molecular flexibility index (Phi) is 6.60. The SMILES string of the molecule is CCCCCC(C)NC(=O)CN1C[C@@H](O)[C@@H](O)C1. The van der Waals surface area contributed by atoms with E-state index in [2.05, 4.69) is 12.2 Å². The van der Waals surface area contributed by atoms with Crippen LogP contribution in [0.4, 0.5) is 0 Å². The number of likely N-dealkylation sites (tertiary alicyclic amines) is 1. The van der Waals surface area contributed by atoms with Gasteiger partial charge in [0, 0.05) is 19.1 Å². The van der Waals surface area contributed by atoms with Crippen molar-refractivity contribution in [3.8, 4) is 0 Å². The maximum atomic E-state index is 11.7. The van der Waals surface area contributed by atoms with Gasteiger partial charge in [-0.05, 0) is 13.3 Å². The zero-order valence-electron chi connectivity index (χ0n) is 11.4. The molecule has 3 atom stereocenters. The first-order valence-electron chi connectivity index (χ1n) is 6.90. The Labute approximate surface area is 109 Å². The molecule has 1 unspecified atom stereocenters. The van der Waals surface area contributed by atoms with Gasteiger partial charge in [-0.3, -0.25) is 9.69 Å². The molecule has 1 amide bonds. The van der Waals surface area contributed by atoms with Crippen molar-refractivity contribution in [1.29, 1.82) is 0 Å². The van der Waals surface area contributed by atoms with Crippen LogP contribution in [0.1, 0.15) is 39.5 Å². The largest absolute Gasteiger partial charge is 0.389 e. The topological polar surface area (TPSA) is 72.8 Å². The number of carbonyl (C=O) groups excluding carboxylic acids is 1. The number of aliphatic hydroxyl groups excluding tert-OH is 2. The minimum atomic E-state index is -0.722. The van der Waals surface area contributed by atoms with E-state index in [0.717, 1.165) is 12.8 Å². The second-order valence-corrected chi connectivity index (χ2v) is 5.29. The Hall–Kier alpha value is -0.650. The summed E-state index contributed by atoms with van der Waals surface area (Å²) < 4.78 is 0. The predicted octanol–water partition coefficient (Wildman–Crippen LogP) is 0.109. The molecule has 1 aliphatic rings. The van der Waals surface area contributed by atoms with Crippen molar-refractivity contribution in [2.24, 2.45) is 0 Å². The van der Waals surface area contributed by atoms with E-state index in [1.807, 2.05) is 6.92 Å². The van der Waals surface area contributed by atoms with Crippen LogP contribution in [-0.4, -0.2) is 58.9 Å². The molecule has 1 saturated heterocycles. The van der Waals surface area contributed by atoms with Gasteiger partial charge in [0.1, 0.15) is 0 Å². The summed E-state index contributed by atoms with van der Waals surface area (Å²) in [5.74, 6) is -0.0275. The Morgan fingerprint density at radius 1 is 1.33 bits per heavy atom. The van der Waals surface area contributed by atoms with Crippen molar-refractivity contribution in [3.63, 3.8) is 0 Å². The zero-order valence-corrected chi connectivity index (χ0v) is 11.4. The molecule has 1 fully saturated rings. The molecule has 0 aliphatic carbocycles. The average Bonchev–Trinajstić information content (AvgIpc) is 2.57. The highest BCUT2D eigenvalue weighted by Gasteiger charge is 2.30. The molecule has 0 bridgehead atoms. The lowest BCUT2D eigenvalue weighted by Crippen LogP contribution is -2.40. The van der Waals surface area contributed by atoms with Gasteiger partial charge in [0.2, 0.25) is 5.91 Å². The highest BCUT2D eigenvalue weighted by Crippen LogP contribution is 2.09. The summed E-state index contributed by atoms with van der Waals surface area (Å²) in [6.07, 6.45) is 3.08. The van der Waals surface area contributed by atoms with E-state index in [9.17, 15) is 15.0 Å². The summed E-state index contributed by atoms with van der Waals surface area (Å²) in [7, 11) is 0. The summed E-state index contributed by atoms with van der Waals surface area (Å²) in [6.45, 7) is 5.18. The van der Waals surface area contributed by atoms with Crippen molar-refractivity contribution >= 4 is 5.91 Å². The number of hydrogen-bond acceptors (Lipinski definition) is 4. The van der Waals surface area contributed by atoms with Crippen molar-refractivity contribution in [2.75, 3.05) is 19.6 Å². The number of nitrogens with zero attached hydrogens (tertiary/aromatic N) is 1. The fourth-order valence-electron chi connectivity index (χ4n) is 2.27. The maximum absolute atomic E-state index is 11.7. The molecule has 0 saturated carbocycles. The van der Waals surface area contributed by atoms with Crippen LogP contribution < -0.4 is 5.32 Å². The van der Waals surface area contributed by atoms with Crippen molar-refractivity contribution in [1.82, 2.24) is 10.2 Å². The quantitative estimate of drug-likeness (QED) is 0.567. The van der Waals surface area contributed by atoms with Crippen LogP contribution >= 0.6 is 0 Å². The van der Waals surface area contributed by atoms with Crippen LogP contribution in [0, 0.1) is 0 Å². The van der Waals surface area contributed by atoms with Gasteiger partial charge in [-0.15, -0.1) is 0 Å². The lowest BCUT2D eigenvalue weighted by atomic mass is 10.1. The minimum Gasteiger partial charge on any atom is -0.389 e. The van der Waals surface area contributed by atoms with E-state index in [1.54, 1.807) is 4.90 Å². The zero-order chi connectivity index (χ0) is 13.5. The third-order valence-electron chi connectivity index (χ3n) is 3.35. The van der Waals surface area contributed by atoms with Gasteiger partial charge in [-0.2, -0.15) is 0 Å². The molecule has 0 aromatic heterocycles. The maximum Gasteiger partial charge on any atom is 0.234 e. The molecular formula is C13H26N2O3. The van der Waals surface area contributed by atoms with Gasteiger partial charge in [0.15, 0.2) is 0 Å². The smallest absolute Gasteiger partial charge is 0.234 e. The molecule has 1 heterocycles. The van der Waals surface area contributed by atoms with Crippen molar-refractivity contribution < 1.29 is 15.0 Å². The molecule has 3 N–H and O–H groups in total. The molecule has 1 rings (SSSR count). The van der Waals surface area contributed by atoms with Crippen LogP contribution in [0.25, 0.3) is 0 Å². The van der Waals surface area contributed by atoms with E-state index < -0.39 is 12.2 Å². The highest BCUT2D eigenvalue weighted by molar-refractivity contribution is 5.78. The normalized spacial score (nSPS) is 26.2. The Morgan fingerprint density at radius 2 is 1.94 bits per heavy atom. The molecule has 0 spiro atoms. The number of rotatable bonds is 7. The van der Waals surface area contributed by atoms with Crippen LogP contribution in [0.5, 0.6) is 0 Å². The van der Waals surface area contributed by atoms with E-state index in [-0.39, 0.29) is 18.5 Å². The monoisotopic (exact) mass is 258 g/mol. The summed E-state index contributed by atoms with van der Waals surface area (Å²) in [5.41, 5.74) is 0. The molecule has 5 heteroatoms. The van der Waals surface area contributed by atoms with E-state index >= 15 is 0 Å². The average molecular weight is 258 g/mol. The summed E-state index contributed by atoms with van der Waals surface area (Å²) >= 11 is 0. The molecule has 1 aliphatic heterocycles. The summed E-state index contributed by atoms with van der Waals surface area (Å²) in [4.78, 5) is 13.5. The predicted molar refractivity (Wildman–Crippen MR) is 70.2 cm³/mol. The van der Waals surface area contributed by atoms with Crippen molar-refractivity contribution in [2.45, 2.75) is 57.8 Å². The van der Waals surface area contributed by atoms with Crippen LogP contribution in [-0.2, 0) is 4.79 Å². The highest BCUT2D eigenvalue weighted by atomic mass is 16.3. The standard InChI is InChI=1S/C13H26N2O3/c1-3-4-5-6-10(2)14-13(18)9-15-7-11(16)12(17)8-15/h10-12,16-17H,3-9H2,1-2H3,(H,14,18)/t10?,11-,12+. The fourth-order valence-corrected chi connectivity index (χ4v) is 2.27. The molecule has 0 radical (unpaired) electrons. The second kappa shape index (κ2) is 7.71. The molecule has 5 nitrogen and oxygen atoms in total. The van der Waals surface area contributed by atoms with Crippen LogP contribution in [0.15, 0.2) is 0 Å². The van der Waals surface area contributed by atoms with Gasteiger partial charge in [-0.1, -0.05) is 26.2 Å². The van der Waals surface area contributed by atoms with E-state index in [1.165, 1.54) is 12.8 Å². The van der Waals surface area contributed by atoms with Gasteiger partial charge in [-0.25, -0.2) is 0 Å². The molecule has 106 valence electrons. The third-order valence-corrected chi connectivity index (χ3v) is 3.35. The fraction of sp³-hybridized carbons (Fsp3) is 0.923. The number of unbranched alkanes of at least 4 members (excludes halogenated alkanes) is 2. The number of carbonyl (C=O) groups is 1. The number of β-amino-alcohol motifs (C(OH)–C–C–N with tert-alkyl or cyclic N) is 2. The number of amides is 1. The van der Waals surface area contributed by atoms with Gasteiger partial charge in [0.05, 0.1) is 18.8 Å². The first-order valence-corrected chi connectivity index (χ1v) is 6.90. The van der Waals surface area contributed by atoms with E-state index in [0.29, 0.717) is 13.1 Å². The second-order valence-electron chi connectivity index (χ2n) is 5.29. The summed E-state index contributed by atoms with van der Waals surface area (Å²) in [5, 5.41) is 21.7. The Bertz CT molecular complexity index is 251. The van der Waals surface area contributed by atoms with Crippen molar-refractivity contribution in [3.05, 3.63) is 0 Å².